The van der Waals surface area contributed by atoms with Crippen molar-refractivity contribution in [2.45, 2.75) is 78.8 Å². The lowest BCUT2D eigenvalue weighted by Gasteiger charge is -2.29. The molecule has 1 N–H and O–H groups in total. The minimum Gasteiger partial charge on any atom is -0.354 e. The third-order valence-corrected chi connectivity index (χ3v) is 5.64. The summed E-state index contributed by atoms with van der Waals surface area (Å²) in [5.74, 6) is -0.100. The smallest absolute Gasteiger partial charge is 0.242 e. The van der Waals surface area contributed by atoms with E-state index in [2.05, 4.69) is 50.4 Å². The molecular formula is C27H38N2O2. The van der Waals surface area contributed by atoms with Crippen LogP contribution in [0.3, 0.4) is 0 Å². The summed E-state index contributed by atoms with van der Waals surface area (Å²) in [5, 5.41) is 2.92. The molecule has 2 aromatic carbocycles. The van der Waals surface area contributed by atoms with Crippen molar-refractivity contribution < 1.29 is 9.59 Å². The van der Waals surface area contributed by atoms with Gasteiger partial charge in [0, 0.05) is 19.5 Å². The maximum absolute atomic E-state index is 13.2. The van der Waals surface area contributed by atoms with Gasteiger partial charge in [-0.2, -0.15) is 0 Å². The number of nitrogens with zero attached hydrogens (tertiary/aromatic N) is 1. The van der Waals surface area contributed by atoms with Gasteiger partial charge in [-0.15, -0.1) is 0 Å². The standard InChI is InChI=1S/C27H38N2O2/c1-7-18-28-26(31)21(3)29(19-23-10-8-20(2)9-11-23)25(30)17-14-22-12-15-24(16-13-22)27(4,5)6/h8-13,15-16,21H,7,14,17-19H2,1-6H3,(H,28,31). The number of benzene rings is 2. The van der Waals surface area contributed by atoms with E-state index in [0.717, 1.165) is 17.5 Å². The summed E-state index contributed by atoms with van der Waals surface area (Å²) in [6.45, 7) is 13.5. The Hall–Kier alpha value is -2.62. The fourth-order valence-corrected chi connectivity index (χ4v) is 3.44. The number of hydrogen-bond donors (Lipinski definition) is 1. The molecule has 0 spiro atoms. The van der Waals surface area contributed by atoms with Gasteiger partial charge in [-0.1, -0.05) is 81.8 Å². The van der Waals surface area contributed by atoms with Gasteiger partial charge in [0.1, 0.15) is 6.04 Å². The number of rotatable bonds is 9. The molecule has 0 aliphatic rings. The minimum absolute atomic E-state index is 0.000351. The molecular weight excluding hydrogens is 384 g/mol. The first-order valence-corrected chi connectivity index (χ1v) is 11.3. The van der Waals surface area contributed by atoms with Crippen LogP contribution < -0.4 is 5.32 Å². The average Bonchev–Trinajstić information content (AvgIpc) is 2.74. The van der Waals surface area contributed by atoms with Crippen LogP contribution in [0.4, 0.5) is 0 Å². The van der Waals surface area contributed by atoms with Gasteiger partial charge in [0.2, 0.25) is 11.8 Å². The zero-order chi connectivity index (χ0) is 23.0. The molecule has 1 atom stereocenters. The molecule has 31 heavy (non-hydrogen) atoms. The van der Waals surface area contributed by atoms with E-state index >= 15 is 0 Å². The highest BCUT2D eigenvalue weighted by Gasteiger charge is 2.25. The zero-order valence-electron chi connectivity index (χ0n) is 20.0. The van der Waals surface area contributed by atoms with Crippen molar-refractivity contribution in [2.24, 2.45) is 0 Å². The minimum atomic E-state index is -0.511. The molecule has 4 heteroatoms. The van der Waals surface area contributed by atoms with E-state index in [0.29, 0.717) is 25.9 Å². The van der Waals surface area contributed by atoms with Gasteiger partial charge in [0.15, 0.2) is 0 Å². The van der Waals surface area contributed by atoms with E-state index in [1.54, 1.807) is 4.90 Å². The van der Waals surface area contributed by atoms with Gasteiger partial charge in [0.25, 0.3) is 0 Å². The van der Waals surface area contributed by atoms with Gasteiger partial charge in [-0.3, -0.25) is 9.59 Å². The lowest BCUT2D eigenvalue weighted by atomic mass is 9.86. The molecule has 0 bridgehead atoms. The molecule has 168 valence electrons. The Kier molecular flexibility index (Phi) is 8.85. The van der Waals surface area contributed by atoms with Crippen molar-refractivity contribution in [2.75, 3.05) is 6.54 Å². The summed E-state index contributed by atoms with van der Waals surface area (Å²) in [4.78, 5) is 27.5. The quantitative estimate of drug-likeness (QED) is 0.606. The van der Waals surface area contributed by atoms with E-state index in [1.165, 1.54) is 11.1 Å². The van der Waals surface area contributed by atoms with Crippen molar-refractivity contribution in [3.8, 4) is 0 Å². The first kappa shape index (κ1) is 24.6. The summed E-state index contributed by atoms with van der Waals surface area (Å²) in [5.41, 5.74) is 4.74. The summed E-state index contributed by atoms with van der Waals surface area (Å²) >= 11 is 0. The van der Waals surface area contributed by atoms with Crippen LogP contribution in [0, 0.1) is 6.92 Å². The molecule has 0 radical (unpaired) electrons. The number of nitrogens with one attached hydrogen (secondary N) is 1. The fraction of sp³-hybridized carbons (Fsp3) is 0.481. The Morgan fingerprint density at radius 3 is 2.10 bits per heavy atom. The lowest BCUT2D eigenvalue weighted by molar-refractivity contribution is -0.140. The van der Waals surface area contributed by atoms with E-state index < -0.39 is 6.04 Å². The molecule has 0 heterocycles. The molecule has 0 saturated heterocycles. The third kappa shape index (κ3) is 7.54. The van der Waals surface area contributed by atoms with Crippen molar-refractivity contribution >= 4 is 11.8 Å². The highest BCUT2D eigenvalue weighted by molar-refractivity contribution is 5.87. The highest BCUT2D eigenvalue weighted by atomic mass is 16.2. The van der Waals surface area contributed by atoms with E-state index in [4.69, 9.17) is 0 Å². The molecule has 0 aromatic heterocycles. The van der Waals surface area contributed by atoms with E-state index in [9.17, 15) is 9.59 Å². The zero-order valence-corrected chi connectivity index (χ0v) is 20.0. The first-order valence-electron chi connectivity index (χ1n) is 11.3. The Morgan fingerprint density at radius 2 is 1.55 bits per heavy atom. The maximum atomic E-state index is 13.2. The number of amides is 2. The first-order chi connectivity index (χ1) is 14.6. The molecule has 0 saturated carbocycles. The van der Waals surface area contributed by atoms with E-state index in [-0.39, 0.29) is 17.2 Å². The largest absolute Gasteiger partial charge is 0.354 e. The van der Waals surface area contributed by atoms with Crippen LogP contribution in [0.15, 0.2) is 48.5 Å². The summed E-state index contributed by atoms with van der Waals surface area (Å²) in [6, 6.07) is 16.1. The summed E-state index contributed by atoms with van der Waals surface area (Å²) in [6.07, 6.45) is 1.91. The van der Waals surface area contributed by atoms with Crippen molar-refractivity contribution in [3.05, 3.63) is 70.8 Å². The van der Waals surface area contributed by atoms with Crippen LogP contribution in [-0.4, -0.2) is 29.3 Å². The van der Waals surface area contributed by atoms with Crippen LogP contribution in [-0.2, 0) is 28.0 Å². The van der Waals surface area contributed by atoms with Crippen LogP contribution in [0.25, 0.3) is 0 Å². The SMILES string of the molecule is CCCNC(=O)C(C)N(Cc1ccc(C)cc1)C(=O)CCc1ccc(C(C)(C)C)cc1. The Morgan fingerprint density at radius 1 is 0.968 bits per heavy atom. The lowest BCUT2D eigenvalue weighted by Crippen LogP contribution is -2.47. The van der Waals surface area contributed by atoms with Crippen molar-refractivity contribution in [3.63, 3.8) is 0 Å². The van der Waals surface area contributed by atoms with Crippen molar-refractivity contribution in [1.82, 2.24) is 10.2 Å². The summed E-state index contributed by atoms with van der Waals surface area (Å²) < 4.78 is 0. The van der Waals surface area contributed by atoms with Crippen LogP contribution >= 0.6 is 0 Å². The monoisotopic (exact) mass is 422 g/mol. The highest BCUT2D eigenvalue weighted by Crippen LogP contribution is 2.22. The topological polar surface area (TPSA) is 49.4 Å². The Labute approximate surface area is 188 Å². The second-order valence-corrected chi connectivity index (χ2v) is 9.42. The Bertz CT molecular complexity index is 848. The molecule has 4 nitrogen and oxygen atoms in total. The van der Waals surface area contributed by atoms with Gasteiger partial charge in [0.05, 0.1) is 0 Å². The molecule has 0 fully saturated rings. The predicted octanol–water partition coefficient (Wildman–Crippen LogP) is 5.17. The number of hydrogen-bond acceptors (Lipinski definition) is 2. The normalized spacial score (nSPS) is 12.3. The van der Waals surface area contributed by atoms with Crippen LogP contribution in [0.5, 0.6) is 0 Å². The average molecular weight is 423 g/mol. The Balaban J connectivity index is 2.10. The van der Waals surface area contributed by atoms with Gasteiger partial charge in [-0.25, -0.2) is 0 Å². The molecule has 2 aromatic rings. The number of aryl methyl sites for hydroxylation is 2. The van der Waals surface area contributed by atoms with Crippen LogP contribution in [0.2, 0.25) is 0 Å². The van der Waals surface area contributed by atoms with Gasteiger partial charge in [-0.05, 0) is 48.8 Å². The molecule has 2 rings (SSSR count). The molecule has 0 aliphatic carbocycles. The molecule has 0 aliphatic heterocycles. The molecule has 1 unspecified atom stereocenters. The molecule has 2 amide bonds. The van der Waals surface area contributed by atoms with E-state index in [1.807, 2.05) is 45.0 Å². The predicted molar refractivity (Wildman–Crippen MR) is 128 cm³/mol. The van der Waals surface area contributed by atoms with Gasteiger partial charge >= 0.3 is 0 Å². The maximum Gasteiger partial charge on any atom is 0.242 e. The number of carbonyl (C=O) groups is 2. The summed E-state index contributed by atoms with van der Waals surface area (Å²) in [7, 11) is 0. The fourth-order valence-electron chi connectivity index (χ4n) is 3.44. The van der Waals surface area contributed by atoms with Crippen LogP contribution in [0.1, 0.15) is 69.7 Å². The number of carbonyl (C=O) groups excluding carboxylic acids is 2. The third-order valence-electron chi connectivity index (χ3n) is 5.64. The van der Waals surface area contributed by atoms with Crippen molar-refractivity contribution in [1.29, 1.82) is 0 Å². The second-order valence-electron chi connectivity index (χ2n) is 9.42. The van der Waals surface area contributed by atoms with Gasteiger partial charge < -0.3 is 10.2 Å². The second kappa shape index (κ2) is 11.1.